The van der Waals surface area contributed by atoms with Crippen LogP contribution in [0.2, 0.25) is 0 Å². The van der Waals surface area contributed by atoms with E-state index in [1.807, 2.05) is 6.92 Å². The van der Waals surface area contributed by atoms with Gasteiger partial charge in [0.1, 0.15) is 5.82 Å². The van der Waals surface area contributed by atoms with Crippen LogP contribution in [0.15, 0.2) is 41.5 Å². The molecule has 0 saturated carbocycles. The average molecular weight is 377 g/mol. The lowest BCUT2D eigenvalue weighted by Gasteiger charge is -2.14. The second-order valence-electron chi connectivity index (χ2n) is 5.71. The van der Waals surface area contributed by atoms with Crippen molar-refractivity contribution < 1.29 is 23.0 Å². The van der Waals surface area contributed by atoms with Crippen molar-refractivity contribution in [2.75, 3.05) is 32.7 Å². The SMILES string of the molecule is CCOc1cc(/C=N/Nc2ccc(F)cc2F)ccc1OCC(=O)N(C)C. The smallest absolute Gasteiger partial charge is 0.259 e. The van der Waals surface area contributed by atoms with E-state index in [2.05, 4.69) is 10.5 Å². The fraction of sp³-hybridized carbons (Fsp3) is 0.263. The van der Waals surface area contributed by atoms with Crippen molar-refractivity contribution in [3.05, 3.63) is 53.6 Å². The monoisotopic (exact) mass is 377 g/mol. The lowest BCUT2D eigenvalue weighted by atomic mass is 10.2. The Morgan fingerprint density at radius 1 is 1.15 bits per heavy atom. The van der Waals surface area contributed by atoms with Crippen LogP contribution in [0.1, 0.15) is 12.5 Å². The Labute approximate surface area is 156 Å². The number of halogens is 2. The largest absolute Gasteiger partial charge is 0.490 e. The minimum Gasteiger partial charge on any atom is -0.490 e. The molecule has 0 aliphatic heterocycles. The zero-order valence-corrected chi connectivity index (χ0v) is 15.3. The van der Waals surface area contributed by atoms with Crippen LogP contribution < -0.4 is 14.9 Å². The number of likely N-dealkylation sites (N-methyl/N-ethyl adjacent to an activating group) is 1. The number of hydrogen-bond donors (Lipinski definition) is 1. The Morgan fingerprint density at radius 3 is 2.59 bits per heavy atom. The molecule has 0 atom stereocenters. The maximum Gasteiger partial charge on any atom is 0.259 e. The Hall–Kier alpha value is -3.16. The minimum atomic E-state index is -0.739. The Morgan fingerprint density at radius 2 is 1.93 bits per heavy atom. The molecule has 0 radical (unpaired) electrons. The van der Waals surface area contributed by atoms with Gasteiger partial charge < -0.3 is 14.4 Å². The summed E-state index contributed by atoms with van der Waals surface area (Å²) in [4.78, 5) is 13.1. The molecule has 0 bridgehead atoms. The van der Waals surface area contributed by atoms with Crippen molar-refractivity contribution in [3.8, 4) is 11.5 Å². The lowest BCUT2D eigenvalue weighted by molar-refractivity contribution is -0.130. The van der Waals surface area contributed by atoms with Gasteiger partial charge in [0, 0.05) is 20.2 Å². The fourth-order valence-corrected chi connectivity index (χ4v) is 2.02. The van der Waals surface area contributed by atoms with Gasteiger partial charge in [-0.25, -0.2) is 8.78 Å². The molecule has 0 fully saturated rings. The van der Waals surface area contributed by atoms with Crippen molar-refractivity contribution in [3.63, 3.8) is 0 Å². The van der Waals surface area contributed by atoms with E-state index < -0.39 is 11.6 Å². The molecule has 0 saturated heterocycles. The minimum absolute atomic E-state index is 0.0554. The van der Waals surface area contributed by atoms with Gasteiger partial charge in [-0.2, -0.15) is 5.10 Å². The van der Waals surface area contributed by atoms with Crippen LogP contribution in [-0.2, 0) is 4.79 Å². The quantitative estimate of drug-likeness (QED) is 0.567. The average Bonchev–Trinajstić information content (AvgIpc) is 2.62. The summed E-state index contributed by atoms with van der Waals surface area (Å²) in [7, 11) is 3.29. The van der Waals surface area contributed by atoms with Crippen LogP contribution >= 0.6 is 0 Å². The first-order chi connectivity index (χ1) is 12.9. The molecular weight excluding hydrogens is 356 g/mol. The summed E-state index contributed by atoms with van der Waals surface area (Å²) >= 11 is 0. The first-order valence-corrected chi connectivity index (χ1v) is 8.24. The summed E-state index contributed by atoms with van der Waals surface area (Å²) < 4.78 is 37.5. The van der Waals surface area contributed by atoms with E-state index >= 15 is 0 Å². The molecule has 2 rings (SSSR count). The Bertz CT molecular complexity index is 826. The summed E-state index contributed by atoms with van der Waals surface area (Å²) in [6.07, 6.45) is 1.46. The molecule has 0 unspecified atom stereocenters. The lowest BCUT2D eigenvalue weighted by Crippen LogP contribution is -2.27. The summed E-state index contributed by atoms with van der Waals surface area (Å²) in [5.74, 6) is -0.681. The van der Waals surface area contributed by atoms with Crippen LogP contribution in [0.25, 0.3) is 0 Å². The molecule has 1 amide bonds. The van der Waals surface area contributed by atoms with Crippen molar-refractivity contribution >= 4 is 17.8 Å². The van der Waals surface area contributed by atoms with Crippen molar-refractivity contribution in [2.45, 2.75) is 6.92 Å². The highest BCUT2D eigenvalue weighted by Gasteiger charge is 2.10. The van der Waals surface area contributed by atoms with Gasteiger partial charge in [0.2, 0.25) is 0 Å². The van der Waals surface area contributed by atoms with Gasteiger partial charge in [0.15, 0.2) is 23.9 Å². The molecule has 0 heterocycles. The Balaban J connectivity index is 2.08. The first-order valence-electron chi connectivity index (χ1n) is 8.24. The number of carbonyl (C=O) groups is 1. The molecule has 144 valence electrons. The Kier molecular flexibility index (Phi) is 7.10. The zero-order chi connectivity index (χ0) is 19.8. The van der Waals surface area contributed by atoms with Gasteiger partial charge in [0.05, 0.1) is 18.5 Å². The summed E-state index contributed by atoms with van der Waals surface area (Å²) in [6, 6.07) is 8.22. The molecule has 2 aromatic carbocycles. The van der Waals surface area contributed by atoms with Crippen LogP contribution in [0.4, 0.5) is 14.5 Å². The third kappa shape index (κ3) is 5.95. The third-order valence-electron chi connectivity index (χ3n) is 3.45. The molecule has 0 aromatic heterocycles. The van der Waals surface area contributed by atoms with Gasteiger partial charge in [-0.05, 0) is 42.8 Å². The van der Waals surface area contributed by atoms with E-state index in [0.717, 1.165) is 12.1 Å². The number of amides is 1. The summed E-state index contributed by atoms with van der Waals surface area (Å²) in [5, 5.41) is 3.94. The van der Waals surface area contributed by atoms with Crippen molar-refractivity contribution in [2.24, 2.45) is 5.10 Å². The summed E-state index contributed by atoms with van der Waals surface area (Å²) in [5.41, 5.74) is 3.23. The van der Waals surface area contributed by atoms with E-state index in [0.29, 0.717) is 23.7 Å². The van der Waals surface area contributed by atoms with Crippen LogP contribution in [0.5, 0.6) is 11.5 Å². The van der Waals surface area contributed by atoms with Crippen LogP contribution in [-0.4, -0.2) is 44.3 Å². The third-order valence-corrected chi connectivity index (χ3v) is 3.45. The van der Waals surface area contributed by atoms with Gasteiger partial charge in [-0.3, -0.25) is 10.2 Å². The molecule has 1 N–H and O–H groups in total. The molecule has 8 heteroatoms. The van der Waals surface area contributed by atoms with Gasteiger partial charge >= 0.3 is 0 Å². The standard InChI is InChI=1S/C19H21F2N3O3/c1-4-26-18-9-13(5-8-17(18)27-12-19(25)24(2)3)11-22-23-16-7-6-14(20)10-15(16)21/h5-11,23H,4,12H2,1-3H3/b22-11+. The van der Waals surface area contributed by atoms with E-state index in [1.54, 1.807) is 32.3 Å². The summed E-state index contributed by atoms with van der Waals surface area (Å²) in [6.45, 7) is 2.14. The highest BCUT2D eigenvalue weighted by molar-refractivity contribution is 5.81. The molecule has 0 aliphatic carbocycles. The molecule has 0 aliphatic rings. The predicted octanol–water partition coefficient (Wildman–Crippen LogP) is 3.28. The maximum atomic E-state index is 13.6. The van der Waals surface area contributed by atoms with Gasteiger partial charge in [0.25, 0.3) is 5.91 Å². The normalized spacial score (nSPS) is 10.7. The second kappa shape index (κ2) is 9.51. The number of hydrogen-bond acceptors (Lipinski definition) is 5. The predicted molar refractivity (Wildman–Crippen MR) is 99.4 cm³/mol. The topological polar surface area (TPSA) is 63.2 Å². The van der Waals surface area contributed by atoms with E-state index in [9.17, 15) is 13.6 Å². The maximum absolute atomic E-state index is 13.6. The highest BCUT2D eigenvalue weighted by atomic mass is 19.1. The number of hydrazone groups is 1. The number of nitrogens with one attached hydrogen (secondary N) is 1. The number of rotatable bonds is 8. The number of benzene rings is 2. The van der Waals surface area contributed by atoms with Crippen LogP contribution in [0.3, 0.4) is 0 Å². The molecule has 0 spiro atoms. The highest BCUT2D eigenvalue weighted by Crippen LogP contribution is 2.28. The molecule has 6 nitrogen and oxygen atoms in total. The molecule has 2 aromatic rings. The number of anilines is 1. The van der Waals surface area contributed by atoms with Gasteiger partial charge in [-0.1, -0.05) is 0 Å². The second-order valence-corrected chi connectivity index (χ2v) is 5.71. The van der Waals surface area contributed by atoms with E-state index in [1.165, 1.54) is 17.2 Å². The number of nitrogens with zero attached hydrogens (tertiary/aromatic N) is 2. The first kappa shape index (κ1) is 20.2. The number of ether oxygens (including phenoxy) is 2. The van der Waals surface area contributed by atoms with E-state index in [-0.39, 0.29) is 18.2 Å². The molecule has 27 heavy (non-hydrogen) atoms. The number of carbonyl (C=O) groups excluding carboxylic acids is 1. The van der Waals surface area contributed by atoms with Crippen molar-refractivity contribution in [1.29, 1.82) is 0 Å². The van der Waals surface area contributed by atoms with E-state index in [4.69, 9.17) is 9.47 Å². The van der Waals surface area contributed by atoms with Crippen molar-refractivity contribution in [1.82, 2.24) is 4.90 Å². The molecular formula is C19H21F2N3O3. The zero-order valence-electron chi connectivity index (χ0n) is 15.3. The fourth-order valence-electron chi connectivity index (χ4n) is 2.02. The van der Waals surface area contributed by atoms with Gasteiger partial charge in [-0.15, -0.1) is 0 Å². The van der Waals surface area contributed by atoms with Crippen LogP contribution in [0, 0.1) is 11.6 Å².